The SMILES string of the molecule is Cc1cccc(CN(C(=O)CN(C)S(=O)(=O)c2ccc3ccccc3c2)C(Cc2ccccc2)C(=O)NC(C)(C)C)c1. The van der Waals surface area contributed by atoms with Gasteiger partial charge in [0, 0.05) is 25.6 Å². The molecule has 0 bridgehead atoms. The number of carbonyl (C=O) groups excluding carboxylic acids is 2. The molecular formula is C34H39N3O4S. The van der Waals surface area contributed by atoms with Gasteiger partial charge in [0.15, 0.2) is 0 Å². The monoisotopic (exact) mass is 585 g/mol. The maximum Gasteiger partial charge on any atom is 0.243 e. The summed E-state index contributed by atoms with van der Waals surface area (Å²) in [7, 11) is -2.59. The van der Waals surface area contributed by atoms with Crippen molar-refractivity contribution in [3.05, 3.63) is 114 Å². The number of nitrogens with one attached hydrogen (secondary N) is 1. The molecule has 0 spiro atoms. The zero-order valence-electron chi connectivity index (χ0n) is 24.9. The molecule has 0 saturated heterocycles. The van der Waals surface area contributed by atoms with Crippen molar-refractivity contribution in [1.29, 1.82) is 0 Å². The lowest BCUT2D eigenvalue weighted by Gasteiger charge is -2.34. The Kier molecular flexibility index (Phi) is 9.49. The predicted octanol–water partition coefficient (Wildman–Crippen LogP) is 5.32. The van der Waals surface area contributed by atoms with Crippen molar-refractivity contribution >= 4 is 32.6 Å². The molecule has 1 N–H and O–H groups in total. The number of aryl methyl sites for hydroxylation is 1. The van der Waals surface area contributed by atoms with Crippen molar-refractivity contribution in [3.63, 3.8) is 0 Å². The first-order valence-corrected chi connectivity index (χ1v) is 15.4. The van der Waals surface area contributed by atoms with Crippen LogP contribution in [0.1, 0.15) is 37.5 Å². The van der Waals surface area contributed by atoms with Gasteiger partial charge in [-0.3, -0.25) is 9.59 Å². The van der Waals surface area contributed by atoms with Gasteiger partial charge in [0.05, 0.1) is 11.4 Å². The van der Waals surface area contributed by atoms with Crippen molar-refractivity contribution < 1.29 is 18.0 Å². The van der Waals surface area contributed by atoms with Crippen molar-refractivity contribution in [2.24, 2.45) is 0 Å². The second-order valence-corrected chi connectivity index (χ2v) is 13.8. The van der Waals surface area contributed by atoms with Crippen LogP contribution >= 0.6 is 0 Å². The Balaban J connectivity index is 1.69. The zero-order chi connectivity index (χ0) is 30.5. The van der Waals surface area contributed by atoms with E-state index in [-0.39, 0.29) is 23.8 Å². The van der Waals surface area contributed by atoms with Gasteiger partial charge in [0.25, 0.3) is 0 Å². The molecule has 4 aromatic rings. The minimum absolute atomic E-state index is 0.105. The van der Waals surface area contributed by atoms with Crippen molar-refractivity contribution in [3.8, 4) is 0 Å². The highest BCUT2D eigenvalue weighted by atomic mass is 32.2. The van der Waals surface area contributed by atoms with E-state index in [1.807, 2.05) is 107 Å². The third-order valence-corrected chi connectivity index (χ3v) is 8.79. The second kappa shape index (κ2) is 12.9. The largest absolute Gasteiger partial charge is 0.350 e. The molecule has 0 radical (unpaired) electrons. The molecule has 0 aliphatic rings. The van der Waals surface area contributed by atoms with Gasteiger partial charge in [-0.15, -0.1) is 0 Å². The third-order valence-electron chi connectivity index (χ3n) is 6.99. The molecule has 0 saturated carbocycles. The predicted molar refractivity (Wildman–Crippen MR) is 167 cm³/mol. The molecule has 42 heavy (non-hydrogen) atoms. The van der Waals surface area contributed by atoms with E-state index in [0.717, 1.165) is 31.8 Å². The number of hydrogen-bond donors (Lipinski definition) is 1. The lowest BCUT2D eigenvalue weighted by Crippen LogP contribution is -2.56. The summed E-state index contributed by atoms with van der Waals surface area (Å²) in [6.45, 7) is 7.37. The quantitative estimate of drug-likeness (QED) is 0.273. The van der Waals surface area contributed by atoms with Crippen LogP contribution < -0.4 is 5.32 Å². The first-order chi connectivity index (χ1) is 19.8. The van der Waals surface area contributed by atoms with Crippen LogP contribution in [0.3, 0.4) is 0 Å². The van der Waals surface area contributed by atoms with Crippen molar-refractivity contribution in [1.82, 2.24) is 14.5 Å². The van der Waals surface area contributed by atoms with Gasteiger partial charge in [-0.2, -0.15) is 4.31 Å². The van der Waals surface area contributed by atoms with Crippen molar-refractivity contribution in [2.75, 3.05) is 13.6 Å². The highest BCUT2D eigenvalue weighted by Gasteiger charge is 2.34. The standard InChI is InChI=1S/C34H39N3O4S/c1-25-12-11-15-27(20-25)23-37(31(33(39)35-34(2,3)4)21-26-13-7-6-8-14-26)32(38)24-36(5)42(40,41)30-19-18-28-16-9-10-17-29(28)22-30/h6-20,22,31H,21,23-24H2,1-5H3,(H,35,39). The Morgan fingerprint density at radius 2 is 1.45 bits per heavy atom. The van der Waals surface area contributed by atoms with E-state index in [9.17, 15) is 18.0 Å². The number of nitrogens with zero attached hydrogens (tertiary/aromatic N) is 2. The third kappa shape index (κ3) is 7.84. The van der Waals surface area contributed by atoms with Crippen LogP contribution in [0.25, 0.3) is 10.8 Å². The van der Waals surface area contributed by atoms with Gasteiger partial charge in [0.1, 0.15) is 6.04 Å². The van der Waals surface area contributed by atoms with Crippen molar-refractivity contribution in [2.45, 2.75) is 57.1 Å². The summed E-state index contributed by atoms with van der Waals surface area (Å²) in [5.41, 5.74) is 2.24. The maximum atomic E-state index is 14.1. The molecular weight excluding hydrogens is 546 g/mol. The first-order valence-electron chi connectivity index (χ1n) is 14.0. The van der Waals surface area contributed by atoms with Crippen LogP contribution in [0.4, 0.5) is 0 Å². The Labute approximate surface area is 249 Å². The zero-order valence-corrected chi connectivity index (χ0v) is 25.7. The number of rotatable bonds is 10. The van der Waals surface area contributed by atoms with Crippen LogP contribution in [-0.2, 0) is 32.6 Å². The number of sulfonamides is 1. The summed E-state index contributed by atoms with van der Waals surface area (Å²) in [6.07, 6.45) is 0.279. The van der Waals surface area contributed by atoms with E-state index in [0.29, 0.717) is 0 Å². The van der Waals surface area contributed by atoms with Crippen LogP contribution in [0, 0.1) is 6.92 Å². The van der Waals surface area contributed by atoms with E-state index in [4.69, 9.17) is 0 Å². The van der Waals surface area contributed by atoms with Gasteiger partial charge in [0.2, 0.25) is 21.8 Å². The molecule has 0 fully saturated rings. The van der Waals surface area contributed by atoms with Crippen LogP contribution in [0.2, 0.25) is 0 Å². The summed E-state index contributed by atoms with van der Waals surface area (Å²) < 4.78 is 28.2. The van der Waals surface area contributed by atoms with Gasteiger partial charge < -0.3 is 10.2 Å². The second-order valence-electron chi connectivity index (χ2n) is 11.7. The Bertz CT molecular complexity index is 1660. The lowest BCUT2D eigenvalue weighted by molar-refractivity contribution is -0.141. The maximum absolute atomic E-state index is 14.1. The van der Waals surface area contributed by atoms with E-state index < -0.39 is 34.1 Å². The molecule has 0 aliphatic heterocycles. The molecule has 220 valence electrons. The van der Waals surface area contributed by atoms with Crippen LogP contribution in [-0.4, -0.2) is 54.6 Å². The van der Waals surface area contributed by atoms with E-state index >= 15 is 0 Å². The summed E-state index contributed by atoms with van der Waals surface area (Å²) >= 11 is 0. The number of fused-ring (bicyclic) bond motifs is 1. The summed E-state index contributed by atoms with van der Waals surface area (Å²) in [6, 6.07) is 28.9. The molecule has 0 heterocycles. The molecule has 4 aromatic carbocycles. The van der Waals surface area contributed by atoms with Gasteiger partial charge in [-0.1, -0.05) is 90.5 Å². The average Bonchev–Trinajstić information content (AvgIpc) is 2.94. The smallest absolute Gasteiger partial charge is 0.243 e. The molecule has 1 unspecified atom stereocenters. The fourth-order valence-electron chi connectivity index (χ4n) is 4.89. The first kappa shape index (κ1) is 30.9. The highest BCUT2D eigenvalue weighted by molar-refractivity contribution is 7.89. The van der Waals surface area contributed by atoms with Gasteiger partial charge in [-0.25, -0.2) is 8.42 Å². The minimum Gasteiger partial charge on any atom is -0.350 e. The highest BCUT2D eigenvalue weighted by Crippen LogP contribution is 2.22. The van der Waals surface area contributed by atoms with E-state index in [1.165, 1.54) is 11.9 Å². The lowest BCUT2D eigenvalue weighted by atomic mass is 10.0. The fourth-order valence-corrected chi connectivity index (χ4v) is 6.04. The molecule has 0 aliphatic carbocycles. The van der Waals surface area contributed by atoms with Gasteiger partial charge in [-0.05, 0) is 61.7 Å². The van der Waals surface area contributed by atoms with Crippen LogP contribution in [0.15, 0.2) is 102 Å². The van der Waals surface area contributed by atoms with E-state index in [1.54, 1.807) is 18.2 Å². The van der Waals surface area contributed by atoms with E-state index in [2.05, 4.69) is 5.32 Å². The Morgan fingerprint density at radius 1 is 0.810 bits per heavy atom. The summed E-state index contributed by atoms with van der Waals surface area (Å²) in [5, 5.41) is 4.75. The molecule has 1 atom stereocenters. The molecule has 8 heteroatoms. The number of benzene rings is 4. The number of hydrogen-bond acceptors (Lipinski definition) is 4. The average molecular weight is 586 g/mol. The molecule has 0 aromatic heterocycles. The number of likely N-dealkylation sites (N-methyl/N-ethyl adjacent to an activating group) is 1. The van der Waals surface area contributed by atoms with Gasteiger partial charge >= 0.3 is 0 Å². The molecule has 7 nitrogen and oxygen atoms in total. The number of amides is 2. The fraction of sp³-hybridized carbons (Fsp3) is 0.294. The Hall–Kier alpha value is -4.01. The van der Waals surface area contributed by atoms with Crippen LogP contribution in [0.5, 0.6) is 0 Å². The molecule has 4 rings (SSSR count). The topological polar surface area (TPSA) is 86.8 Å². The Morgan fingerprint density at radius 3 is 2.12 bits per heavy atom. The normalized spacial score (nSPS) is 12.7. The summed E-state index contributed by atoms with van der Waals surface area (Å²) in [5.74, 6) is -0.763. The number of carbonyl (C=O) groups is 2. The summed E-state index contributed by atoms with van der Waals surface area (Å²) in [4.78, 5) is 29.4. The molecule has 2 amide bonds. The minimum atomic E-state index is -3.99.